The largest absolute Gasteiger partial charge is 0.470 e. The van der Waals surface area contributed by atoms with Gasteiger partial charge in [0.1, 0.15) is 6.61 Å². The predicted octanol–water partition coefficient (Wildman–Crippen LogP) is 2.87. The number of pyridine rings is 1. The van der Waals surface area contributed by atoms with Gasteiger partial charge >= 0.3 is 0 Å². The van der Waals surface area contributed by atoms with E-state index in [9.17, 15) is 14.4 Å². The molecule has 0 bridgehead atoms. The summed E-state index contributed by atoms with van der Waals surface area (Å²) in [5, 5.41) is 0. The van der Waals surface area contributed by atoms with Gasteiger partial charge in [-0.25, -0.2) is 4.98 Å². The van der Waals surface area contributed by atoms with E-state index in [1.807, 2.05) is 43.3 Å². The van der Waals surface area contributed by atoms with Crippen molar-refractivity contribution >= 4 is 23.7 Å². The van der Waals surface area contributed by atoms with Gasteiger partial charge in [0.15, 0.2) is 6.29 Å². The lowest BCUT2D eigenvalue weighted by Gasteiger charge is -2.27. The van der Waals surface area contributed by atoms with Crippen LogP contribution in [-0.2, 0) is 20.9 Å². The van der Waals surface area contributed by atoms with Gasteiger partial charge in [-0.15, -0.1) is 0 Å². The molecular weight excluding hydrogens is 406 g/mol. The lowest BCUT2D eigenvalue weighted by atomic mass is 9.91. The SMILES string of the molecule is CC1C(C(=O)C(N)=O)c2c(ccnc2OCC=O)N1Cc1ccccc1-c1ccccc1. The molecule has 2 aromatic carbocycles. The molecule has 0 aliphatic carbocycles. The van der Waals surface area contributed by atoms with E-state index < -0.39 is 17.6 Å². The molecule has 0 spiro atoms. The Labute approximate surface area is 185 Å². The van der Waals surface area contributed by atoms with Crippen molar-refractivity contribution in [3.63, 3.8) is 0 Å². The van der Waals surface area contributed by atoms with Gasteiger partial charge in [-0.2, -0.15) is 0 Å². The maximum atomic E-state index is 12.8. The van der Waals surface area contributed by atoms with E-state index in [1.54, 1.807) is 12.3 Å². The molecule has 2 heterocycles. The van der Waals surface area contributed by atoms with Crippen LogP contribution in [0.1, 0.15) is 24.0 Å². The summed E-state index contributed by atoms with van der Waals surface area (Å²) in [5.41, 5.74) is 9.81. The molecule has 1 aliphatic heterocycles. The number of fused-ring (bicyclic) bond motifs is 1. The summed E-state index contributed by atoms with van der Waals surface area (Å²) in [7, 11) is 0. The highest BCUT2D eigenvalue weighted by Gasteiger charge is 2.44. The molecule has 4 rings (SSSR count). The van der Waals surface area contributed by atoms with Crippen LogP contribution < -0.4 is 15.4 Å². The normalized spacial score (nSPS) is 17.0. The number of nitrogens with two attached hydrogens (primary N) is 1. The summed E-state index contributed by atoms with van der Waals surface area (Å²) in [6.45, 7) is 2.17. The number of hydrogen-bond acceptors (Lipinski definition) is 6. The lowest BCUT2D eigenvalue weighted by molar-refractivity contribution is -0.137. The van der Waals surface area contributed by atoms with Crippen LogP contribution in [0.3, 0.4) is 0 Å². The van der Waals surface area contributed by atoms with Crippen LogP contribution in [0.4, 0.5) is 5.69 Å². The zero-order valence-electron chi connectivity index (χ0n) is 17.6. The summed E-state index contributed by atoms with van der Waals surface area (Å²) in [4.78, 5) is 41.7. The number of Topliss-reactive ketones (excluding diaryl/α,β-unsaturated/α-hetero) is 1. The fraction of sp³-hybridized carbons (Fsp3) is 0.200. The van der Waals surface area contributed by atoms with E-state index in [0.717, 1.165) is 22.4 Å². The Morgan fingerprint density at radius 3 is 2.53 bits per heavy atom. The fourth-order valence-electron chi connectivity index (χ4n) is 4.33. The minimum atomic E-state index is -1.01. The summed E-state index contributed by atoms with van der Waals surface area (Å²) in [6, 6.07) is 19.5. The average Bonchev–Trinajstić information content (AvgIpc) is 3.10. The number of ether oxygens (including phenoxy) is 1. The Kier molecular flexibility index (Phi) is 5.98. The molecule has 162 valence electrons. The molecule has 3 aromatic rings. The van der Waals surface area contributed by atoms with Gasteiger partial charge in [0, 0.05) is 24.5 Å². The van der Waals surface area contributed by atoms with Crippen LogP contribution in [0, 0.1) is 0 Å². The second-order valence-corrected chi connectivity index (χ2v) is 7.62. The quantitative estimate of drug-likeness (QED) is 0.436. The van der Waals surface area contributed by atoms with Gasteiger partial charge in [0.2, 0.25) is 11.7 Å². The Morgan fingerprint density at radius 1 is 1.09 bits per heavy atom. The molecule has 1 amide bonds. The van der Waals surface area contributed by atoms with E-state index in [1.165, 1.54) is 0 Å². The number of rotatable bonds is 8. The number of aromatic nitrogens is 1. The number of hydrogen-bond donors (Lipinski definition) is 1. The Hall–Kier alpha value is -4.00. The number of ketones is 1. The first-order valence-corrected chi connectivity index (χ1v) is 10.3. The molecule has 7 nitrogen and oxygen atoms in total. The smallest absolute Gasteiger partial charge is 0.285 e. The molecule has 2 unspecified atom stereocenters. The third-order valence-electron chi connectivity index (χ3n) is 5.78. The summed E-state index contributed by atoms with van der Waals surface area (Å²) < 4.78 is 5.49. The van der Waals surface area contributed by atoms with Crippen LogP contribution in [0.2, 0.25) is 0 Å². The van der Waals surface area contributed by atoms with Crippen LogP contribution >= 0.6 is 0 Å². The number of benzene rings is 2. The van der Waals surface area contributed by atoms with E-state index in [0.29, 0.717) is 18.4 Å². The van der Waals surface area contributed by atoms with Crippen molar-refractivity contribution in [2.24, 2.45) is 5.73 Å². The maximum absolute atomic E-state index is 12.8. The fourth-order valence-corrected chi connectivity index (χ4v) is 4.33. The van der Waals surface area contributed by atoms with Gasteiger partial charge in [0.25, 0.3) is 5.91 Å². The van der Waals surface area contributed by atoms with Crippen molar-refractivity contribution in [2.45, 2.75) is 25.4 Å². The number of nitrogens with zero attached hydrogens (tertiary/aromatic N) is 2. The zero-order valence-corrected chi connectivity index (χ0v) is 17.6. The Balaban J connectivity index is 1.78. The third kappa shape index (κ3) is 3.85. The second kappa shape index (κ2) is 9.01. The molecule has 0 saturated heterocycles. The van der Waals surface area contributed by atoms with E-state index in [-0.39, 0.29) is 18.5 Å². The molecule has 1 aliphatic rings. The summed E-state index contributed by atoms with van der Waals surface area (Å²) in [6.07, 6.45) is 2.18. The summed E-state index contributed by atoms with van der Waals surface area (Å²) >= 11 is 0. The highest BCUT2D eigenvalue weighted by atomic mass is 16.5. The lowest BCUT2D eigenvalue weighted by Crippen LogP contribution is -2.38. The highest BCUT2D eigenvalue weighted by Crippen LogP contribution is 2.46. The van der Waals surface area contributed by atoms with Crippen molar-refractivity contribution in [1.82, 2.24) is 4.98 Å². The van der Waals surface area contributed by atoms with Crippen LogP contribution in [-0.4, -0.2) is 35.6 Å². The number of aldehydes is 1. The van der Waals surface area contributed by atoms with Crippen LogP contribution in [0.25, 0.3) is 11.1 Å². The highest BCUT2D eigenvalue weighted by molar-refractivity contribution is 6.38. The standard InChI is InChI=1S/C25H23N3O4/c1-16-21(23(30)24(26)31)22-20(11-12-27-25(22)32-14-13-29)28(16)15-18-9-5-6-10-19(18)17-7-3-2-4-8-17/h2-13,16,21H,14-15H2,1H3,(H2,26,31). The van der Waals surface area contributed by atoms with E-state index in [4.69, 9.17) is 10.5 Å². The van der Waals surface area contributed by atoms with E-state index in [2.05, 4.69) is 28.1 Å². The molecular formula is C25H23N3O4. The Morgan fingerprint density at radius 2 is 1.81 bits per heavy atom. The maximum Gasteiger partial charge on any atom is 0.285 e. The number of carbonyl (C=O) groups excluding carboxylic acids is 3. The van der Waals surface area contributed by atoms with Crippen LogP contribution in [0.5, 0.6) is 5.88 Å². The molecule has 0 saturated carbocycles. The number of primary amides is 1. The van der Waals surface area contributed by atoms with Crippen molar-refractivity contribution in [3.05, 3.63) is 78.0 Å². The minimum Gasteiger partial charge on any atom is -0.470 e. The van der Waals surface area contributed by atoms with Crippen molar-refractivity contribution in [1.29, 1.82) is 0 Å². The molecule has 2 N–H and O–H groups in total. The van der Waals surface area contributed by atoms with Gasteiger partial charge in [-0.05, 0) is 29.7 Å². The minimum absolute atomic E-state index is 0.167. The monoisotopic (exact) mass is 429 g/mol. The zero-order chi connectivity index (χ0) is 22.7. The number of anilines is 1. The van der Waals surface area contributed by atoms with Crippen molar-refractivity contribution in [2.75, 3.05) is 11.5 Å². The topological polar surface area (TPSA) is 103 Å². The van der Waals surface area contributed by atoms with Crippen molar-refractivity contribution < 1.29 is 19.1 Å². The Bertz CT molecular complexity index is 1160. The molecule has 32 heavy (non-hydrogen) atoms. The predicted molar refractivity (Wildman–Crippen MR) is 120 cm³/mol. The van der Waals surface area contributed by atoms with Gasteiger partial charge in [0.05, 0.1) is 11.5 Å². The first-order chi connectivity index (χ1) is 15.5. The summed E-state index contributed by atoms with van der Waals surface area (Å²) in [5.74, 6) is -2.38. The first kappa shape index (κ1) is 21.2. The first-order valence-electron chi connectivity index (χ1n) is 10.3. The molecule has 2 atom stereocenters. The molecule has 1 aromatic heterocycles. The van der Waals surface area contributed by atoms with Gasteiger partial charge < -0.3 is 15.4 Å². The van der Waals surface area contributed by atoms with Crippen LogP contribution in [0.15, 0.2) is 66.9 Å². The average molecular weight is 429 g/mol. The third-order valence-corrected chi connectivity index (χ3v) is 5.78. The number of amides is 1. The van der Waals surface area contributed by atoms with Gasteiger partial charge in [-0.1, -0.05) is 54.6 Å². The molecule has 0 fully saturated rings. The van der Waals surface area contributed by atoms with Crippen molar-refractivity contribution in [3.8, 4) is 17.0 Å². The molecule has 0 radical (unpaired) electrons. The molecule has 7 heteroatoms. The second-order valence-electron chi connectivity index (χ2n) is 7.62. The number of carbonyl (C=O) groups is 3. The van der Waals surface area contributed by atoms with E-state index >= 15 is 0 Å². The van der Waals surface area contributed by atoms with Gasteiger partial charge in [-0.3, -0.25) is 14.4 Å².